The van der Waals surface area contributed by atoms with Crippen molar-refractivity contribution >= 4 is 6.03 Å². The van der Waals surface area contributed by atoms with E-state index in [4.69, 9.17) is 9.47 Å². The number of nitrogens with zero attached hydrogens (tertiary/aromatic N) is 1. The van der Waals surface area contributed by atoms with Gasteiger partial charge in [0.25, 0.3) is 0 Å². The molecule has 5 heteroatoms. The van der Waals surface area contributed by atoms with E-state index in [-0.39, 0.29) is 6.03 Å². The Bertz CT molecular complexity index is 434. The fourth-order valence-corrected chi connectivity index (χ4v) is 1.83. The molecular formula is C13H18N2O3. The lowest BCUT2D eigenvalue weighted by molar-refractivity contribution is 0.171. The second-order valence-electron chi connectivity index (χ2n) is 4.20. The zero-order valence-electron chi connectivity index (χ0n) is 10.7. The van der Waals surface area contributed by atoms with Crippen LogP contribution in [0.25, 0.3) is 0 Å². The number of likely N-dealkylation sites (N-methyl/N-ethyl adjacent to an activating group) is 1. The number of carbonyl (C=O) groups excluding carboxylic acids is 1. The van der Waals surface area contributed by atoms with E-state index in [2.05, 4.69) is 5.32 Å². The summed E-state index contributed by atoms with van der Waals surface area (Å²) < 4.78 is 11.0. The van der Waals surface area contributed by atoms with Crippen molar-refractivity contribution in [3.05, 3.63) is 23.8 Å². The van der Waals surface area contributed by atoms with Crippen LogP contribution < -0.4 is 14.8 Å². The van der Waals surface area contributed by atoms with E-state index in [1.165, 1.54) is 0 Å². The number of urea groups is 1. The lowest BCUT2D eigenvalue weighted by Gasteiger charge is -2.20. The molecule has 2 amide bonds. The summed E-state index contributed by atoms with van der Waals surface area (Å²) in [5.41, 5.74) is 1.13. The molecule has 18 heavy (non-hydrogen) atoms. The van der Waals surface area contributed by atoms with E-state index in [1.807, 2.05) is 18.2 Å². The minimum absolute atomic E-state index is 0.0763. The van der Waals surface area contributed by atoms with Gasteiger partial charge in [-0.25, -0.2) is 4.79 Å². The highest BCUT2D eigenvalue weighted by atomic mass is 16.6. The second kappa shape index (κ2) is 5.62. The third-order valence-corrected chi connectivity index (χ3v) is 2.90. The zero-order chi connectivity index (χ0) is 13.0. The summed E-state index contributed by atoms with van der Waals surface area (Å²) >= 11 is 0. The summed E-state index contributed by atoms with van der Waals surface area (Å²) in [5, 5.41) is 2.59. The predicted molar refractivity (Wildman–Crippen MR) is 68.2 cm³/mol. The van der Waals surface area contributed by atoms with Crippen LogP contribution in [0.1, 0.15) is 5.56 Å². The predicted octanol–water partition coefficient (Wildman–Crippen LogP) is 1.27. The number of fused-ring (bicyclic) bond motifs is 1. The number of amides is 2. The first-order chi connectivity index (χ1) is 8.70. The molecule has 0 saturated heterocycles. The van der Waals surface area contributed by atoms with Crippen molar-refractivity contribution in [3.8, 4) is 11.5 Å². The van der Waals surface area contributed by atoms with Crippen molar-refractivity contribution in [1.82, 2.24) is 10.2 Å². The normalized spacial score (nSPS) is 13.0. The molecule has 0 fully saturated rings. The van der Waals surface area contributed by atoms with Gasteiger partial charge in [-0.3, -0.25) is 0 Å². The first-order valence-corrected chi connectivity index (χ1v) is 6.02. The molecule has 5 nitrogen and oxygen atoms in total. The van der Waals surface area contributed by atoms with Crippen LogP contribution in [0, 0.1) is 0 Å². The molecule has 0 spiro atoms. The van der Waals surface area contributed by atoms with Crippen LogP contribution in [-0.4, -0.2) is 44.8 Å². The molecule has 1 aromatic carbocycles. The van der Waals surface area contributed by atoms with Crippen LogP contribution in [0.3, 0.4) is 0 Å². The summed E-state index contributed by atoms with van der Waals surface area (Å²) in [4.78, 5) is 13.0. The van der Waals surface area contributed by atoms with Crippen LogP contribution >= 0.6 is 0 Å². The summed E-state index contributed by atoms with van der Waals surface area (Å²) in [7, 11) is 3.40. The van der Waals surface area contributed by atoms with E-state index >= 15 is 0 Å². The molecule has 1 aliphatic heterocycles. The quantitative estimate of drug-likeness (QED) is 0.879. The van der Waals surface area contributed by atoms with Gasteiger partial charge < -0.3 is 19.7 Å². The molecule has 1 N–H and O–H groups in total. The average Bonchev–Trinajstić information content (AvgIpc) is 2.43. The lowest BCUT2D eigenvalue weighted by atomic mass is 10.1. The third-order valence-electron chi connectivity index (χ3n) is 2.90. The summed E-state index contributed by atoms with van der Waals surface area (Å²) in [6, 6.07) is 5.83. The van der Waals surface area contributed by atoms with E-state index < -0.39 is 0 Å². The maximum atomic E-state index is 11.3. The van der Waals surface area contributed by atoms with Crippen LogP contribution in [0.15, 0.2) is 18.2 Å². The van der Waals surface area contributed by atoms with Crippen LogP contribution in [0.4, 0.5) is 4.79 Å². The number of hydrogen-bond acceptors (Lipinski definition) is 3. The molecule has 0 aromatic heterocycles. The molecule has 1 heterocycles. The molecule has 0 saturated carbocycles. The van der Waals surface area contributed by atoms with E-state index in [0.29, 0.717) is 19.8 Å². The van der Waals surface area contributed by atoms with E-state index in [9.17, 15) is 4.79 Å². The fourth-order valence-electron chi connectivity index (χ4n) is 1.83. The Morgan fingerprint density at radius 2 is 2.06 bits per heavy atom. The van der Waals surface area contributed by atoms with Gasteiger partial charge in [-0.15, -0.1) is 0 Å². The number of carbonyl (C=O) groups is 1. The number of benzene rings is 1. The molecular weight excluding hydrogens is 232 g/mol. The van der Waals surface area contributed by atoms with Gasteiger partial charge in [-0.1, -0.05) is 6.07 Å². The molecule has 98 valence electrons. The third kappa shape index (κ3) is 2.85. The minimum atomic E-state index is -0.0763. The zero-order valence-corrected chi connectivity index (χ0v) is 10.7. The highest BCUT2D eigenvalue weighted by molar-refractivity contribution is 5.73. The van der Waals surface area contributed by atoms with E-state index in [0.717, 1.165) is 23.5 Å². The molecule has 2 rings (SSSR count). The van der Waals surface area contributed by atoms with Crippen LogP contribution in [0.5, 0.6) is 11.5 Å². The van der Waals surface area contributed by atoms with Gasteiger partial charge in [-0.2, -0.15) is 0 Å². The summed E-state index contributed by atoms with van der Waals surface area (Å²) in [6.45, 7) is 1.86. The molecule has 0 radical (unpaired) electrons. The van der Waals surface area contributed by atoms with Gasteiger partial charge in [0, 0.05) is 20.6 Å². The largest absolute Gasteiger partial charge is 0.486 e. The van der Waals surface area contributed by atoms with Gasteiger partial charge >= 0.3 is 6.03 Å². The Morgan fingerprint density at radius 1 is 1.33 bits per heavy atom. The van der Waals surface area contributed by atoms with Crippen molar-refractivity contribution in [1.29, 1.82) is 0 Å². The van der Waals surface area contributed by atoms with Crippen molar-refractivity contribution < 1.29 is 14.3 Å². The van der Waals surface area contributed by atoms with Crippen molar-refractivity contribution in [2.75, 3.05) is 33.9 Å². The molecule has 0 unspecified atom stereocenters. The van der Waals surface area contributed by atoms with Gasteiger partial charge in [0.05, 0.1) is 0 Å². The van der Waals surface area contributed by atoms with Gasteiger partial charge in [0.15, 0.2) is 11.5 Å². The molecule has 0 bridgehead atoms. The standard InChI is InChI=1S/C13H18N2O3/c1-14-13(16)15(2)6-5-10-3-4-11-12(9-10)18-8-7-17-11/h3-4,9H,5-8H2,1-2H3,(H,14,16). The monoisotopic (exact) mass is 250 g/mol. The highest BCUT2D eigenvalue weighted by Crippen LogP contribution is 2.30. The van der Waals surface area contributed by atoms with Crippen molar-refractivity contribution in [2.45, 2.75) is 6.42 Å². The topological polar surface area (TPSA) is 50.8 Å². The molecule has 1 aliphatic rings. The average molecular weight is 250 g/mol. The fraction of sp³-hybridized carbons (Fsp3) is 0.462. The Balaban J connectivity index is 1.96. The first kappa shape index (κ1) is 12.5. The van der Waals surface area contributed by atoms with Gasteiger partial charge in [0.2, 0.25) is 0 Å². The lowest BCUT2D eigenvalue weighted by Crippen LogP contribution is -2.36. The summed E-state index contributed by atoms with van der Waals surface area (Å²) in [5.74, 6) is 1.59. The molecule has 0 aliphatic carbocycles. The van der Waals surface area contributed by atoms with Crippen LogP contribution in [0.2, 0.25) is 0 Å². The maximum Gasteiger partial charge on any atom is 0.316 e. The Kier molecular flexibility index (Phi) is 3.92. The Labute approximate surface area is 107 Å². The summed E-state index contributed by atoms with van der Waals surface area (Å²) in [6.07, 6.45) is 0.792. The van der Waals surface area contributed by atoms with Gasteiger partial charge in [0.1, 0.15) is 13.2 Å². The van der Waals surface area contributed by atoms with E-state index in [1.54, 1.807) is 19.0 Å². The SMILES string of the molecule is CNC(=O)N(C)CCc1ccc2c(c1)OCCO2. The highest BCUT2D eigenvalue weighted by Gasteiger charge is 2.12. The number of rotatable bonds is 3. The number of ether oxygens (including phenoxy) is 2. The minimum Gasteiger partial charge on any atom is -0.486 e. The maximum absolute atomic E-state index is 11.3. The second-order valence-corrected chi connectivity index (χ2v) is 4.20. The molecule has 0 atom stereocenters. The smallest absolute Gasteiger partial charge is 0.316 e. The first-order valence-electron chi connectivity index (χ1n) is 6.02. The Hall–Kier alpha value is -1.91. The Morgan fingerprint density at radius 3 is 2.78 bits per heavy atom. The number of nitrogens with one attached hydrogen (secondary N) is 1. The number of hydrogen-bond donors (Lipinski definition) is 1. The van der Waals surface area contributed by atoms with Crippen molar-refractivity contribution in [3.63, 3.8) is 0 Å². The van der Waals surface area contributed by atoms with Gasteiger partial charge in [-0.05, 0) is 24.1 Å². The molecule has 1 aromatic rings. The van der Waals surface area contributed by atoms with Crippen LogP contribution in [-0.2, 0) is 6.42 Å². The van der Waals surface area contributed by atoms with Crippen molar-refractivity contribution in [2.24, 2.45) is 0 Å².